The zero-order valence-electron chi connectivity index (χ0n) is 19.3. The van der Waals surface area contributed by atoms with Gasteiger partial charge in [0.2, 0.25) is 5.88 Å². The highest BCUT2D eigenvalue weighted by molar-refractivity contribution is 6.00. The second-order valence-corrected chi connectivity index (χ2v) is 7.97. The Morgan fingerprint density at radius 2 is 1.64 bits per heavy atom. The largest absolute Gasteiger partial charge is 0.439 e. The first-order chi connectivity index (χ1) is 15.8. The van der Waals surface area contributed by atoms with Crippen LogP contribution in [0.5, 0.6) is 11.6 Å². The lowest BCUT2D eigenvalue weighted by Crippen LogP contribution is -2.19. The number of amides is 2. The number of hydrogen-bond acceptors (Lipinski definition) is 5. The summed E-state index contributed by atoms with van der Waals surface area (Å²) in [5.74, 6) is 2.23. The van der Waals surface area contributed by atoms with Crippen molar-refractivity contribution in [2.24, 2.45) is 0 Å². The maximum Gasteiger partial charge on any atom is 0.323 e. The molecule has 0 aliphatic carbocycles. The molecule has 168 valence electrons. The van der Waals surface area contributed by atoms with Crippen molar-refractivity contribution in [2.45, 2.75) is 34.6 Å². The van der Waals surface area contributed by atoms with Gasteiger partial charge < -0.3 is 15.4 Å². The van der Waals surface area contributed by atoms with Gasteiger partial charge in [-0.15, -0.1) is 0 Å². The van der Waals surface area contributed by atoms with Gasteiger partial charge in [-0.2, -0.15) is 10.1 Å². The number of rotatable bonds is 5. The van der Waals surface area contributed by atoms with Gasteiger partial charge in [-0.3, -0.25) is 0 Å². The molecule has 4 rings (SSSR count). The van der Waals surface area contributed by atoms with Crippen LogP contribution in [-0.4, -0.2) is 25.8 Å². The summed E-state index contributed by atoms with van der Waals surface area (Å²) in [6.45, 7) is 9.70. The van der Waals surface area contributed by atoms with E-state index in [0.717, 1.165) is 28.2 Å². The van der Waals surface area contributed by atoms with Crippen LogP contribution >= 0.6 is 0 Å². The van der Waals surface area contributed by atoms with Gasteiger partial charge in [0.1, 0.15) is 11.6 Å². The Balaban J connectivity index is 1.43. The maximum absolute atomic E-state index is 12.4. The predicted molar refractivity (Wildman–Crippen MR) is 128 cm³/mol. The number of aryl methyl sites for hydroxylation is 5. The summed E-state index contributed by atoms with van der Waals surface area (Å²) in [5.41, 5.74) is 5.47. The average Bonchev–Trinajstić information content (AvgIpc) is 3.09. The predicted octanol–water partition coefficient (Wildman–Crippen LogP) is 5.64. The van der Waals surface area contributed by atoms with E-state index in [0.29, 0.717) is 29.0 Å². The first-order valence-corrected chi connectivity index (χ1v) is 10.6. The molecular weight excluding hydrogens is 416 g/mol. The highest BCUT2D eigenvalue weighted by atomic mass is 16.5. The number of ether oxygens (including phenoxy) is 1. The third-order valence-electron chi connectivity index (χ3n) is 4.99. The van der Waals surface area contributed by atoms with Gasteiger partial charge in [0.25, 0.3) is 0 Å². The van der Waals surface area contributed by atoms with Crippen molar-refractivity contribution in [3.8, 4) is 17.4 Å². The minimum Gasteiger partial charge on any atom is -0.439 e. The summed E-state index contributed by atoms with van der Waals surface area (Å²) in [5, 5.41) is 10.2. The minimum absolute atomic E-state index is 0.309. The zero-order valence-corrected chi connectivity index (χ0v) is 19.3. The average molecular weight is 443 g/mol. The van der Waals surface area contributed by atoms with E-state index in [1.165, 1.54) is 0 Å². The second-order valence-electron chi connectivity index (χ2n) is 7.97. The summed E-state index contributed by atoms with van der Waals surface area (Å²) in [6.07, 6.45) is 0. The van der Waals surface area contributed by atoms with Crippen molar-refractivity contribution in [1.82, 2.24) is 19.7 Å². The van der Waals surface area contributed by atoms with Crippen LogP contribution in [0, 0.1) is 34.6 Å². The Morgan fingerprint density at radius 3 is 2.30 bits per heavy atom. The lowest BCUT2D eigenvalue weighted by atomic mass is 10.1. The molecule has 0 bridgehead atoms. The van der Waals surface area contributed by atoms with Crippen molar-refractivity contribution >= 4 is 17.4 Å². The number of aromatic nitrogens is 4. The molecule has 2 aromatic heterocycles. The number of urea groups is 1. The molecule has 2 amide bonds. The van der Waals surface area contributed by atoms with Gasteiger partial charge >= 0.3 is 6.03 Å². The summed E-state index contributed by atoms with van der Waals surface area (Å²) >= 11 is 0. The fourth-order valence-corrected chi connectivity index (χ4v) is 3.51. The van der Waals surface area contributed by atoms with Crippen LogP contribution in [0.3, 0.4) is 0 Å². The Labute approximate surface area is 192 Å². The third-order valence-corrected chi connectivity index (χ3v) is 4.99. The summed E-state index contributed by atoms with van der Waals surface area (Å²) in [4.78, 5) is 21.2. The molecule has 0 fully saturated rings. The van der Waals surface area contributed by atoms with Gasteiger partial charge in [-0.05, 0) is 76.6 Å². The third kappa shape index (κ3) is 5.35. The molecule has 0 aliphatic rings. The van der Waals surface area contributed by atoms with Crippen molar-refractivity contribution < 1.29 is 9.53 Å². The smallest absolute Gasteiger partial charge is 0.323 e. The molecule has 2 N–H and O–H groups in total. The Hall–Kier alpha value is -4.20. The van der Waals surface area contributed by atoms with Crippen LogP contribution in [0.15, 0.2) is 54.6 Å². The topological polar surface area (TPSA) is 94.0 Å². The molecule has 33 heavy (non-hydrogen) atoms. The SMILES string of the molecule is Cc1ccc(NC(=O)Nc2ccc(Oc3cc(-n4nc(C)cc4C)nc(C)n3)cc2)c(C)c1. The fraction of sp³-hybridized carbons (Fsp3) is 0.200. The van der Waals surface area contributed by atoms with E-state index in [9.17, 15) is 4.79 Å². The van der Waals surface area contributed by atoms with E-state index < -0.39 is 0 Å². The van der Waals surface area contributed by atoms with Crippen molar-refractivity contribution in [1.29, 1.82) is 0 Å². The number of nitrogens with zero attached hydrogens (tertiary/aromatic N) is 4. The van der Waals surface area contributed by atoms with Gasteiger partial charge in [-0.1, -0.05) is 17.7 Å². The van der Waals surface area contributed by atoms with Crippen LogP contribution in [0.1, 0.15) is 28.3 Å². The molecule has 2 aromatic carbocycles. The van der Waals surface area contributed by atoms with E-state index >= 15 is 0 Å². The number of carbonyl (C=O) groups excluding carboxylic acids is 1. The summed E-state index contributed by atoms with van der Waals surface area (Å²) < 4.78 is 7.69. The number of nitrogens with one attached hydrogen (secondary N) is 2. The minimum atomic E-state index is -0.309. The molecule has 8 nitrogen and oxygen atoms in total. The van der Waals surface area contributed by atoms with Gasteiger partial charge in [-0.25, -0.2) is 14.5 Å². The molecule has 0 saturated heterocycles. The quantitative estimate of drug-likeness (QED) is 0.417. The zero-order chi connectivity index (χ0) is 23.5. The highest BCUT2D eigenvalue weighted by Crippen LogP contribution is 2.24. The molecule has 0 saturated carbocycles. The highest BCUT2D eigenvalue weighted by Gasteiger charge is 2.10. The molecule has 0 atom stereocenters. The van der Waals surface area contributed by atoms with Gasteiger partial charge in [0, 0.05) is 23.1 Å². The number of anilines is 2. The molecule has 0 radical (unpaired) electrons. The van der Waals surface area contributed by atoms with E-state index in [-0.39, 0.29) is 6.03 Å². The number of hydrogen-bond donors (Lipinski definition) is 2. The molecule has 2 heterocycles. The molecule has 4 aromatic rings. The maximum atomic E-state index is 12.4. The van der Waals surface area contributed by atoms with Crippen LogP contribution in [0.2, 0.25) is 0 Å². The lowest BCUT2D eigenvalue weighted by Gasteiger charge is -2.11. The molecular formula is C25H26N6O2. The molecule has 0 unspecified atom stereocenters. The molecule has 0 aliphatic heterocycles. The van der Waals surface area contributed by atoms with E-state index in [4.69, 9.17) is 4.74 Å². The van der Waals surface area contributed by atoms with E-state index in [2.05, 4.69) is 25.7 Å². The fourth-order valence-electron chi connectivity index (χ4n) is 3.51. The van der Waals surface area contributed by atoms with E-state index in [1.54, 1.807) is 35.0 Å². The Kier molecular flexibility index (Phi) is 6.08. The first-order valence-electron chi connectivity index (χ1n) is 10.6. The Morgan fingerprint density at radius 1 is 0.879 bits per heavy atom. The monoisotopic (exact) mass is 442 g/mol. The van der Waals surface area contributed by atoms with Crippen molar-refractivity contribution in [2.75, 3.05) is 10.6 Å². The van der Waals surface area contributed by atoms with Crippen LogP contribution in [0.4, 0.5) is 16.2 Å². The second kappa shape index (κ2) is 9.12. The van der Waals surface area contributed by atoms with Crippen LogP contribution < -0.4 is 15.4 Å². The van der Waals surface area contributed by atoms with E-state index in [1.807, 2.05) is 58.9 Å². The standard InChI is InChI=1S/C25H26N6O2/c1-15-6-11-22(16(2)12-15)29-25(32)28-20-7-9-21(10-8-20)33-24-14-23(26-19(5)27-24)31-18(4)13-17(3)30-31/h6-14H,1-5H3,(H2,28,29,32). The summed E-state index contributed by atoms with van der Waals surface area (Å²) in [7, 11) is 0. The Bertz CT molecular complexity index is 1310. The molecule has 0 spiro atoms. The van der Waals surface area contributed by atoms with Gasteiger partial charge in [0.15, 0.2) is 5.82 Å². The van der Waals surface area contributed by atoms with Crippen molar-refractivity contribution in [3.63, 3.8) is 0 Å². The van der Waals surface area contributed by atoms with Crippen molar-refractivity contribution in [3.05, 3.63) is 82.9 Å². The van der Waals surface area contributed by atoms with Crippen LogP contribution in [0.25, 0.3) is 5.82 Å². The summed E-state index contributed by atoms with van der Waals surface area (Å²) in [6, 6.07) is 16.4. The van der Waals surface area contributed by atoms with Gasteiger partial charge in [0.05, 0.1) is 5.69 Å². The molecule has 8 heteroatoms. The van der Waals surface area contributed by atoms with Crippen LogP contribution in [-0.2, 0) is 0 Å². The normalized spacial score (nSPS) is 10.7. The number of benzene rings is 2. The lowest BCUT2D eigenvalue weighted by molar-refractivity contribution is 0.262. The first kappa shape index (κ1) is 22.0. The number of carbonyl (C=O) groups is 1.